The number of anilines is 1. The van der Waals surface area contributed by atoms with Crippen molar-refractivity contribution in [3.63, 3.8) is 0 Å². The van der Waals surface area contributed by atoms with Crippen molar-refractivity contribution in [2.45, 2.75) is 27.2 Å². The molecule has 0 saturated carbocycles. The van der Waals surface area contributed by atoms with Gasteiger partial charge in [0.15, 0.2) is 0 Å². The largest absolute Gasteiger partial charge is 0.333 e. The molecular weight excluding hydrogens is 414 g/mol. The minimum Gasteiger partial charge on any atom is -0.333 e. The molecule has 0 radical (unpaired) electrons. The van der Waals surface area contributed by atoms with Gasteiger partial charge in [0.05, 0.1) is 13.0 Å². The summed E-state index contributed by atoms with van der Waals surface area (Å²) in [5.41, 5.74) is 2.41. The second-order valence-electron chi connectivity index (χ2n) is 8.27. The van der Waals surface area contributed by atoms with Crippen LogP contribution < -0.4 is 4.90 Å². The first-order valence-electron chi connectivity index (χ1n) is 10.4. The summed E-state index contributed by atoms with van der Waals surface area (Å²) < 4.78 is 0. The molecule has 3 amide bonds. The van der Waals surface area contributed by atoms with Gasteiger partial charge in [0.25, 0.3) is 0 Å². The molecule has 2 aromatic rings. The lowest BCUT2D eigenvalue weighted by molar-refractivity contribution is -0.140. The second kappa shape index (κ2) is 9.96. The normalized spacial score (nSPS) is 13.8. The van der Waals surface area contributed by atoms with Crippen LogP contribution in [0.25, 0.3) is 0 Å². The number of carbonyl (C=O) groups excluding carboxylic acids is 3. The number of amides is 3. The highest BCUT2D eigenvalue weighted by Crippen LogP contribution is 2.28. The summed E-state index contributed by atoms with van der Waals surface area (Å²) in [5, 5.41) is 0.574. The quantitative estimate of drug-likeness (QED) is 0.660. The summed E-state index contributed by atoms with van der Waals surface area (Å²) in [4.78, 5) is 43.1. The van der Waals surface area contributed by atoms with Gasteiger partial charge < -0.3 is 9.80 Å². The summed E-state index contributed by atoms with van der Waals surface area (Å²) >= 11 is 6.19. The van der Waals surface area contributed by atoms with Gasteiger partial charge in [-0.2, -0.15) is 0 Å². The maximum absolute atomic E-state index is 13.0. The van der Waals surface area contributed by atoms with Crippen LogP contribution >= 0.6 is 11.6 Å². The van der Waals surface area contributed by atoms with Crippen molar-refractivity contribution in [2.75, 3.05) is 31.2 Å². The third-order valence-electron chi connectivity index (χ3n) is 5.28. The lowest BCUT2D eigenvalue weighted by atomic mass is 10.1. The van der Waals surface area contributed by atoms with Crippen molar-refractivity contribution in [3.8, 4) is 0 Å². The molecule has 0 bridgehead atoms. The zero-order valence-corrected chi connectivity index (χ0v) is 18.9. The van der Waals surface area contributed by atoms with Gasteiger partial charge in [-0.1, -0.05) is 61.8 Å². The van der Waals surface area contributed by atoms with Gasteiger partial charge in [0.1, 0.15) is 13.2 Å². The molecule has 0 N–H and O–H groups in total. The van der Waals surface area contributed by atoms with Crippen molar-refractivity contribution >= 4 is 35.0 Å². The number of hydrogen-bond acceptors (Lipinski definition) is 3. The minimum atomic E-state index is -0.238. The molecule has 1 heterocycles. The third-order valence-corrected chi connectivity index (χ3v) is 5.69. The van der Waals surface area contributed by atoms with Gasteiger partial charge in [-0.3, -0.25) is 19.3 Å². The molecule has 1 aliphatic rings. The minimum absolute atomic E-state index is 0.00676. The predicted molar refractivity (Wildman–Crippen MR) is 122 cm³/mol. The number of carbonyl (C=O) groups is 3. The molecule has 3 rings (SSSR count). The second-order valence-corrected chi connectivity index (χ2v) is 8.68. The molecular formula is C24H28ClN3O3. The van der Waals surface area contributed by atoms with E-state index in [9.17, 15) is 14.4 Å². The Labute approximate surface area is 188 Å². The van der Waals surface area contributed by atoms with E-state index in [1.165, 1.54) is 4.90 Å². The smallest absolute Gasteiger partial charge is 0.248 e. The Morgan fingerprint density at radius 3 is 2.48 bits per heavy atom. The van der Waals surface area contributed by atoms with Crippen molar-refractivity contribution in [1.29, 1.82) is 0 Å². The molecule has 1 aliphatic heterocycles. The summed E-state index contributed by atoms with van der Waals surface area (Å²) in [6.07, 6.45) is 0.244. The predicted octanol–water partition coefficient (Wildman–Crippen LogP) is 3.51. The summed E-state index contributed by atoms with van der Waals surface area (Å²) in [6, 6.07) is 14.9. The Bertz CT molecular complexity index is 962. The van der Waals surface area contributed by atoms with Gasteiger partial charge in [-0.05, 0) is 36.1 Å². The molecule has 0 aromatic heterocycles. The summed E-state index contributed by atoms with van der Waals surface area (Å²) in [6.45, 7) is 6.46. The Morgan fingerprint density at radius 2 is 1.81 bits per heavy atom. The highest BCUT2D eigenvalue weighted by atomic mass is 35.5. The lowest BCUT2D eigenvalue weighted by Crippen LogP contribution is -2.44. The van der Waals surface area contributed by atoms with E-state index in [2.05, 4.69) is 0 Å². The molecule has 1 fully saturated rings. The van der Waals surface area contributed by atoms with E-state index in [0.29, 0.717) is 17.3 Å². The lowest BCUT2D eigenvalue weighted by Gasteiger charge is -2.27. The Morgan fingerprint density at radius 1 is 1.10 bits per heavy atom. The number of hydrogen-bond donors (Lipinski definition) is 0. The van der Waals surface area contributed by atoms with Gasteiger partial charge in [0, 0.05) is 17.3 Å². The van der Waals surface area contributed by atoms with Crippen LogP contribution in [0.4, 0.5) is 5.69 Å². The van der Waals surface area contributed by atoms with E-state index < -0.39 is 0 Å². The van der Waals surface area contributed by atoms with Crippen molar-refractivity contribution in [1.82, 2.24) is 9.80 Å². The average Bonchev–Trinajstić information content (AvgIpc) is 3.11. The molecule has 0 unspecified atom stereocenters. The Kier molecular flexibility index (Phi) is 7.33. The van der Waals surface area contributed by atoms with E-state index in [4.69, 9.17) is 11.6 Å². The van der Waals surface area contributed by atoms with Gasteiger partial charge >= 0.3 is 0 Å². The van der Waals surface area contributed by atoms with E-state index >= 15 is 0 Å². The van der Waals surface area contributed by atoms with Crippen LogP contribution in [0, 0.1) is 12.8 Å². The number of benzene rings is 2. The van der Waals surface area contributed by atoms with Crippen molar-refractivity contribution in [2.24, 2.45) is 5.92 Å². The molecule has 0 atom stereocenters. The number of halogens is 1. The van der Waals surface area contributed by atoms with E-state index in [1.54, 1.807) is 21.9 Å². The highest BCUT2D eigenvalue weighted by molar-refractivity contribution is 6.31. The zero-order chi connectivity index (χ0) is 22.5. The fourth-order valence-corrected chi connectivity index (χ4v) is 3.82. The molecule has 1 saturated heterocycles. The number of rotatable bonds is 7. The topological polar surface area (TPSA) is 60.9 Å². The van der Waals surface area contributed by atoms with Crippen LogP contribution in [-0.4, -0.2) is 53.8 Å². The van der Waals surface area contributed by atoms with Crippen LogP contribution in [-0.2, 0) is 20.8 Å². The standard InChI is InChI=1S/C24H28ClN3O3/c1-17(2)13-26(22(29)12-19-8-5-4-6-9-19)14-23(30)27-15-24(31)28(16-27)21-11-7-10-20(25)18(21)3/h4-11,17H,12-16H2,1-3H3. The van der Waals surface area contributed by atoms with Crippen LogP contribution in [0.15, 0.2) is 48.5 Å². The Hall–Kier alpha value is -2.86. The fourth-order valence-electron chi connectivity index (χ4n) is 3.66. The van der Waals surface area contributed by atoms with E-state index in [0.717, 1.165) is 11.1 Å². The van der Waals surface area contributed by atoms with Crippen molar-refractivity contribution in [3.05, 3.63) is 64.7 Å². The van der Waals surface area contributed by atoms with Crippen LogP contribution in [0.2, 0.25) is 5.02 Å². The molecule has 7 heteroatoms. The molecule has 2 aromatic carbocycles. The third kappa shape index (κ3) is 5.64. The first kappa shape index (κ1) is 22.8. The summed E-state index contributed by atoms with van der Waals surface area (Å²) in [5.74, 6) is -0.276. The van der Waals surface area contributed by atoms with Crippen LogP contribution in [0.3, 0.4) is 0 Å². The molecule has 0 spiro atoms. The zero-order valence-electron chi connectivity index (χ0n) is 18.2. The molecule has 6 nitrogen and oxygen atoms in total. The Balaban J connectivity index is 1.69. The monoisotopic (exact) mass is 441 g/mol. The molecule has 0 aliphatic carbocycles. The maximum atomic E-state index is 13.0. The van der Waals surface area contributed by atoms with Gasteiger partial charge in [-0.15, -0.1) is 0 Å². The first-order valence-corrected chi connectivity index (χ1v) is 10.8. The number of nitrogens with zero attached hydrogens (tertiary/aromatic N) is 3. The van der Waals surface area contributed by atoms with E-state index in [-0.39, 0.29) is 49.8 Å². The fraction of sp³-hybridized carbons (Fsp3) is 0.375. The van der Waals surface area contributed by atoms with Gasteiger partial charge in [-0.25, -0.2) is 0 Å². The molecule has 164 valence electrons. The molecule has 31 heavy (non-hydrogen) atoms. The average molecular weight is 442 g/mol. The highest BCUT2D eigenvalue weighted by Gasteiger charge is 2.33. The van der Waals surface area contributed by atoms with Gasteiger partial charge in [0.2, 0.25) is 17.7 Å². The van der Waals surface area contributed by atoms with E-state index in [1.807, 2.05) is 57.2 Å². The summed E-state index contributed by atoms with van der Waals surface area (Å²) in [7, 11) is 0. The van der Waals surface area contributed by atoms with Crippen LogP contribution in [0.1, 0.15) is 25.0 Å². The van der Waals surface area contributed by atoms with Crippen molar-refractivity contribution < 1.29 is 14.4 Å². The first-order chi connectivity index (χ1) is 14.8. The maximum Gasteiger partial charge on any atom is 0.248 e. The van der Waals surface area contributed by atoms with Crippen LogP contribution in [0.5, 0.6) is 0 Å². The SMILES string of the molecule is Cc1c(Cl)cccc1N1CN(C(=O)CN(CC(C)C)C(=O)Cc2ccccc2)CC1=O.